The number of anilines is 3. The number of para-hydroxylation sites is 2. The van der Waals surface area contributed by atoms with Gasteiger partial charge >= 0.3 is 0 Å². The number of rotatable bonds is 4. The van der Waals surface area contributed by atoms with Crippen LogP contribution in [0.2, 0.25) is 0 Å². The van der Waals surface area contributed by atoms with Crippen LogP contribution in [0.5, 0.6) is 0 Å². The van der Waals surface area contributed by atoms with Gasteiger partial charge in [0.2, 0.25) is 0 Å². The zero-order valence-electron chi connectivity index (χ0n) is 31.1. The summed E-state index contributed by atoms with van der Waals surface area (Å²) >= 11 is 0. The number of fused-ring (bicyclic) bond motifs is 15. The number of hydrogen-bond donors (Lipinski definition) is 0. The molecule has 10 aromatic carbocycles. The molecule has 0 amide bonds. The lowest BCUT2D eigenvalue weighted by molar-refractivity contribution is 1.26. The van der Waals surface area contributed by atoms with Gasteiger partial charge in [0.1, 0.15) is 0 Å². The predicted octanol–water partition coefficient (Wildman–Crippen LogP) is 15.0. The summed E-state index contributed by atoms with van der Waals surface area (Å²) in [6, 6.07) is 72.3. The van der Waals surface area contributed by atoms with Crippen LogP contribution in [0.3, 0.4) is 0 Å². The van der Waals surface area contributed by atoms with E-state index in [1.54, 1.807) is 0 Å². The molecule has 0 aliphatic heterocycles. The van der Waals surface area contributed by atoms with Crippen molar-refractivity contribution in [3.63, 3.8) is 0 Å². The normalized spacial score (nSPS) is 12.5. The molecule has 12 aromatic rings. The second-order valence-corrected chi connectivity index (χ2v) is 15.7. The zero-order valence-corrected chi connectivity index (χ0v) is 31.1. The molecule has 264 valence electrons. The first-order valence-corrected chi connectivity index (χ1v) is 19.9. The van der Waals surface area contributed by atoms with Crippen LogP contribution in [0, 0.1) is 0 Å². The number of benzene rings is 10. The maximum Gasteiger partial charge on any atom is 0.0620 e. The van der Waals surface area contributed by atoms with Crippen LogP contribution in [0.4, 0.5) is 17.1 Å². The molecule has 2 heterocycles. The summed E-state index contributed by atoms with van der Waals surface area (Å²) in [5.41, 5.74) is 15.2. The van der Waals surface area contributed by atoms with Crippen molar-refractivity contribution in [2.24, 2.45) is 0 Å². The Labute approximate surface area is 329 Å². The van der Waals surface area contributed by atoms with Crippen molar-refractivity contribution in [3.05, 3.63) is 205 Å². The third-order valence-corrected chi connectivity index (χ3v) is 12.7. The molecule has 0 atom stereocenters. The van der Waals surface area contributed by atoms with Crippen molar-refractivity contribution in [2.75, 3.05) is 4.90 Å². The van der Waals surface area contributed by atoms with Crippen LogP contribution in [-0.2, 0) is 6.42 Å². The molecular formula is C55H34N2. The number of hydrogen-bond acceptors (Lipinski definition) is 1. The predicted molar refractivity (Wildman–Crippen MR) is 242 cm³/mol. The van der Waals surface area contributed by atoms with Crippen molar-refractivity contribution in [1.82, 2.24) is 4.40 Å². The first kappa shape index (κ1) is 30.9. The van der Waals surface area contributed by atoms with Gasteiger partial charge in [0.25, 0.3) is 0 Å². The highest BCUT2D eigenvalue weighted by Gasteiger charge is 2.22. The van der Waals surface area contributed by atoms with E-state index in [9.17, 15) is 0 Å². The second-order valence-electron chi connectivity index (χ2n) is 15.7. The van der Waals surface area contributed by atoms with Gasteiger partial charge in [-0.25, -0.2) is 0 Å². The molecule has 0 unspecified atom stereocenters. The minimum absolute atomic E-state index is 1.01. The molecule has 0 N–H and O–H groups in total. The molecule has 0 radical (unpaired) electrons. The lowest BCUT2D eigenvalue weighted by Crippen LogP contribution is -2.10. The van der Waals surface area contributed by atoms with E-state index in [0.29, 0.717) is 0 Å². The summed E-state index contributed by atoms with van der Waals surface area (Å²) < 4.78 is 2.46. The maximum atomic E-state index is 2.46. The molecule has 0 saturated carbocycles. The Morgan fingerprint density at radius 3 is 1.61 bits per heavy atom. The number of nitrogens with zero attached hydrogens (tertiary/aromatic N) is 2. The zero-order chi connectivity index (χ0) is 37.2. The standard InChI is InChI=1S/C55H34N2/c1-2-11-41-36(10-1)30-37-21-20-35(31-50(37)41)34-22-24-38(25-23-34)56(39-26-28-46-44-14-4-3-12-42(44)43-13-5-6-15-45(43)51(46)32-39)40-27-29-54-52(33-40)49-18-9-17-48-47-16-7-8-19-53(47)57(54)55(48)49/h1-29,31-33H,30H2. The van der Waals surface area contributed by atoms with Crippen molar-refractivity contribution in [1.29, 1.82) is 0 Å². The van der Waals surface area contributed by atoms with Gasteiger partial charge in [-0.2, -0.15) is 0 Å². The minimum atomic E-state index is 1.01. The monoisotopic (exact) mass is 722 g/mol. The van der Waals surface area contributed by atoms with E-state index >= 15 is 0 Å². The largest absolute Gasteiger partial charge is 0.310 e. The highest BCUT2D eigenvalue weighted by atomic mass is 15.1. The van der Waals surface area contributed by atoms with Gasteiger partial charge in [-0.05, 0) is 127 Å². The highest BCUT2D eigenvalue weighted by Crippen LogP contribution is 2.45. The molecule has 1 aliphatic carbocycles. The van der Waals surface area contributed by atoms with Crippen molar-refractivity contribution in [3.8, 4) is 22.3 Å². The first-order chi connectivity index (χ1) is 28.3. The Bertz CT molecular complexity index is 3570. The van der Waals surface area contributed by atoms with Crippen molar-refractivity contribution < 1.29 is 0 Å². The van der Waals surface area contributed by atoms with Gasteiger partial charge in [-0.15, -0.1) is 0 Å². The van der Waals surface area contributed by atoms with Crippen LogP contribution in [0.1, 0.15) is 11.1 Å². The van der Waals surface area contributed by atoms with Gasteiger partial charge in [0, 0.05) is 38.6 Å². The molecule has 0 saturated heterocycles. The SMILES string of the molecule is c1ccc2c(c1)Cc1ccc(-c3ccc(N(c4ccc5c6ccccc6c6ccccc6c5c4)c4ccc5c(c4)c4cccc6c7ccccc7n5c64)cc3)cc1-2. The van der Waals surface area contributed by atoms with Gasteiger partial charge in [0.05, 0.1) is 16.6 Å². The lowest BCUT2D eigenvalue weighted by Gasteiger charge is -2.26. The summed E-state index contributed by atoms with van der Waals surface area (Å²) in [5, 5.41) is 12.8. The van der Waals surface area contributed by atoms with Crippen molar-refractivity contribution in [2.45, 2.75) is 6.42 Å². The minimum Gasteiger partial charge on any atom is -0.310 e. The molecule has 2 heteroatoms. The van der Waals surface area contributed by atoms with Crippen molar-refractivity contribution >= 4 is 87.5 Å². The Hall–Kier alpha value is -7.42. The van der Waals surface area contributed by atoms with E-state index in [-0.39, 0.29) is 0 Å². The van der Waals surface area contributed by atoms with Crippen LogP contribution in [0.25, 0.3) is 92.7 Å². The van der Waals surface area contributed by atoms with E-state index in [1.165, 1.54) is 104 Å². The first-order valence-electron chi connectivity index (χ1n) is 19.9. The third-order valence-electron chi connectivity index (χ3n) is 12.7. The highest BCUT2D eigenvalue weighted by molar-refractivity contribution is 6.26. The molecule has 1 aliphatic rings. The summed E-state index contributed by atoms with van der Waals surface area (Å²) in [6.07, 6.45) is 1.01. The van der Waals surface area contributed by atoms with Gasteiger partial charge in [0.15, 0.2) is 0 Å². The maximum absolute atomic E-state index is 2.46. The van der Waals surface area contributed by atoms with Crippen LogP contribution < -0.4 is 4.90 Å². The topological polar surface area (TPSA) is 7.65 Å². The van der Waals surface area contributed by atoms with Gasteiger partial charge in [-0.3, -0.25) is 0 Å². The van der Waals surface area contributed by atoms with Crippen LogP contribution in [-0.4, -0.2) is 4.40 Å². The van der Waals surface area contributed by atoms with E-state index in [2.05, 4.69) is 203 Å². The summed E-state index contributed by atoms with van der Waals surface area (Å²) in [7, 11) is 0. The van der Waals surface area contributed by atoms with Gasteiger partial charge < -0.3 is 9.30 Å². The van der Waals surface area contributed by atoms with E-state index in [4.69, 9.17) is 0 Å². The second kappa shape index (κ2) is 11.6. The molecule has 2 aromatic heterocycles. The summed E-state index contributed by atoms with van der Waals surface area (Å²) in [5.74, 6) is 0. The Balaban J connectivity index is 1.02. The molecule has 0 fully saturated rings. The van der Waals surface area contributed by atoms with Gasteiger partial charge in [-0.1, -0.05) is 140 Å². The Kier molecular flexibility index (Phi) is 6.25. The summed E-state index contributed by atoms with van der Waals surface area (Å²) in [4.78, 5) is 2.44. The van der Waals surface area contributed by atoms with E-state index in [1.807, 2.05) is 0 Å². The molecule has 0 bridgehead atoms. The smallest absolute Gasteiger partial charge is 0.0620 e. The lowest BCUT2D eigenvalue weighted by atomic mass is 9.94. The van der Waals surface area contributed by atoms with E-state index < -0.39 is 0 Å². The average molecular weight is 723 g/mol. The third kappa shape index (κ3) is 4.35. The van der Waals surface area contributed by atoms with Crippen LogP contribution in [0.15, 0.2) is 194 Å². The number of aromatic nitrogens is 1. The fraction of sp³-hybridized carbons (Fsp3) is 0.0182. The average Bonchev–Trinajstić information content (AvgIpc) is 3.94. The Morgan fingerprint density at radius 2 is 0.842 bits per heavy atom. The molecule has 0 spiro atoms. The molecule has 2 nitrogen and oxygen atoms in total. The molecule has 13 rings (SSSR count). The summed E-state index contributed by atoms with van der Waals surface area (Å²) in [6.45, 7) is 0. The quantitative estimate of drug-likeness (QED) is 0.164. The Morgan fingerprint density at radius 1 is 0.316 bits per heavy atom. The molecular weight excluding hydrogens is 689 g/mol. The fourth-order valence-corrected chi connectivity index (χ4v) is 10.1. The fourth-order valence-electron chi connectivity index (χ4n) is 10.1. The molecule has 57 heavy (non-hydrogen) atoms. The van der Waals surface area contributed by atoms with E-state index in [0.717, 1.165) is 23.5 Å². The van der Waals surface area contributed by atoms with Crippen LogP contribution >= 0.6 is 0 Å².